The summed E-state index contributed by atoms with van der Waals surface area (Å²) in [5.74, 6) is 0. The van der Waals surface area contributed by atoms with Gasteiger partial charge in [-0.2, -0.15) is 8.42 Å². The van der Waals surface area contributed by atoms with E-state index in [2.05, 4.69) is 11.1 Å². The Morgan fingerprint density at radius 1 is 0.730 bits per heavy atom. The van der Waals surface area contributed by atoms with E-state index in [4.69, 9.17) is 9.26 Å². The van der Waals surface area contributed by atoms with Gasteiger partial charge in [0.2, 0.25) is 0 Å². The topological polar surface area (TPSA) is 102 Å². The molecule has 1 rings (SSSR count). The van der Waals surface area contributed by atoms with Gasteiger partial charge >= 0.3 is 29.6 Å². The third-order valence-electron chi connectivity index (χ3n) is 6.04. The summed E-state index contributed by atoms with van der Waals surface area (Å²) in [5.41, 5.74) is 0.887. The van der Waals surface area contributed by atoms with Gasteiger partial charge in [-0.3, -0.25) is 4.18 Å². The molecule has 37 heavy (non-hydrogen) atoms. The Kier molecular flexibility index (Phi) is 23.1. The normalized spacial score (nSPS) is 13.3. The van der Waals surface area contributed by atoms with Gasteiger partial charge < -0.3 is 18.7 Å². The second-order valence-corrected chi connectivity index (χ2v) is 12.9. The van der Waals surface area contributed by atoms with Crippen LogP contribution in [0.25, 0.3) is 0 Å². The first-order chi connectivity index (χ1) is 17.3. The molecule has 0 aliphatic rings. The largest absolute Gasteiger partial charge is 1.00 e. The van der Waals surface area contributed by atoms with Gasteiger partial charge in [0.15, 0.2) is 7.60 Å². The van der Waals surface area contributed by atoms with Crippen LogP contribution in [0.1, 0.15) is 109 Å². The predicted octanol–water partition coefficient (Wildman–Crippen LogP) is 4.12. The first-order valence-electron chi connectivity index (χ1n) is 13.8. The predicted molar refractivity (Wildman–Crippen MR) is 144 cm³/mol. The van der Waals surface area contributed by atoms with Crippen molar-refractivity contribution < 1.29 is 60.9 Å². The van der Waals surface area contributed by atoms with Crippen molar-refractivity contribution in [3.63, 3.8) is 0 Å². The summed E-state index contributed by atoms with van der Waals surface area (Å²) in [7, 11) is -8.57. The van der Waals surface area contributed by atoms with Gasteiger partial charge in [0.1, 0.15) is 6.35 Å². The molecule has 0 bridgehead atoms. The number of benzene rings is 1. The van der Waals surface area contributed by atoms with Gasteiger partial charge in [0.05, 0.1) is 11.5 Å². The van der Waals surface area contributed by atoms with E-state index in [9.17, 15) is 17.9 Å². The molecular formula is C27H48NaO7PS. The molecule has 0 saturated heterocycles. The fourth-order valence-corrected chi connectivity index (χ4v) is 5.97. The zero-order chi connectivity index (χ0) is 26.5. The number of hydrogen-bond donors (Lipinski definition) is 0. The molecule has 0 aliphatic heterocycles. The number of aryl methyl sites for hydroxylation is 1. The third kappa shape index (κ3) is 20.8. The Labute approximate surface area is 248 Å². The summed E-state index contributed by atoms with van der Waals surface area (Å²) in [5, 5.41) is 0. The van der Waals surface area contributed by atoms with E-state index in [1.54, 1.807) is 12.1 Å². The van der Waals surface area contributed by atoms with Crippen LogP contribution < -0.4 is 34.5 Å². The molecule has 7 nitrogen and oxygen atoms in total. The number of unbranched alkanes of at least 4 members (excludes halogenated alkanes) is 13. The van der Waals surface area contributed by atoms with Crippen LogP contribution in [0.5, 0.6) is 0 Å². The van der Waals surface area contributed by atoms with E-state index in [0.29, 0.717) is 19.6 Å². The summed E-state index contributed by atoms with van der Waals surface area (Å²) < 4.78 is 51.1. The van der Waals surface area contributed by atoms with Crippen molar-refractivity contribution in [2.45, 2.75) is 115 Å². The minimum Gasteiger partial charge on any atom is -0.777 e. The summed E-state index contributed by atoms with van der Waals surface area (Å²) in [6.45, 7) is 5.08. The maximum atomic E-state index is 12.1. The van der Waals surface area contributed by atoms with Crippen LogP contribution in [0.15, 0.2) is 29.2 Å². The van der Waals surface area contributed by atoms with E-state index in [1.807, 2.05) is 6.92 Å². The fourth-order valence-electron chi connectivity index (χ4n) is 3.81. The molecule has 0 amide bonds. The first kappa shape index (κ1) is 37.2. The average Bonchev–Trinajstić information content (AvgIpc) is 2.84. The van der Waals surface area contributed by atoms with Crippen molar-refractivity contribution >= 4 is 17.7 Å². The van der Waals surface area contributed by atoms with Gasteiger partial charge in [-0.05, 0) is 31.9 Å². The molecule has 1 atom stereocenters. The molecule has 1 unspecified atom stereocenters. The van der Waals surface area contributed by atoms with Gasteiger partial charge in [-0.25, -0.2) is 0 Å². The Balaban J connectivity index is 0.0000130. The van der Waals surface area contributed by atoms with Gasteiger partial charge in [0.25, 0.3) is 10.1 Å². The monoisotopic (exact) mass is 570 g/mol. The molecule has 0 aliphatic carbocycles. The number of hydrogen-bond acceptors (Lipinski definition) is 7. The molecule has 0 N–H and O–H groups in total. The van der Waals surface area contributed by atoms with Crippen LogP contribution in [0, 0.1) is 6.92 Å². The van der Waals surface area contributed by atoms with Crippen LogP contribution in [0.4, 0.5) is 0 Å². The Morgan fingerprint density at radius 2 is 1.19 bits per heavy atom. The standard InChI is InChI=1S/C27H49O7PS.Na/c1-3-4-5-6-7-8-9-10-11-12-13-14-15-16-22-32-23-17-24-33-35(28,29)25-34-36(30,31)27-20-18-26(2)19-21-27;/h18-21H,3-17,22-25H2,1-2H3,(H,28,29);/q;+1/p-1. The van der Waals surface area contributed by atoms with Crippen molar-refractivity contribution in [3.8, 4) is 0 Å². The molecule has 0 spiro atoms. The molecule has 1 aromatic carbocycles. The van der Waals surface area contributed by atoms with Crippen molar-refractivity contribution in [1.82, 2.24) is 0 Å². The quantitative estimate of drug-likeness (QED) is 0.0798. The average molecular weight is 571 g/mol. The fraction of sp³-hybridized carbons (Fsp3) is 0.778. The molecule has 0 radical (unpaired) electrons. The summed E-state index contributed by atoms with van der Waals surface area (Å²) in [6.07, 6.45) is 17.7. The molecule has 0 heterocycles. The zero-order valence-corrected chi connectivity index (χ0v) is 27.2. The summed E-state index contributed by atoms with van der Waals surface area (Å²) in [4.78, 5) is 11.8. The Bertz CT molecular complexity index is 819. The second-order valence-electron chi connectivity index (χ2n) is 9.52. The van der Waals surface area contributed by atoms with Crippen molar-refractivity contribution in [2.24, 2.45) is 0 Å². The van der Waals surface area contributed by atoms with E-state index in [1.165, 1.54) is 89.2 Å². The van der Waals surface area contributed by atoms with E-state index in [0.717, 1.165) is 18.4 Å². The van der Waals surface area contributed by atoms with Crippen LogP contribution in [-0.2, 0) is 28.1 Å². The molecule has 1 aromatic rings. The maximum absolute atomic E-state index is 12.1. The van der Waals surface area contributed by atoms with Gasteiger partial charge in [0, 0.05) is 13.2 Å². The first-order valence-corrected chi connectivity index (χ1v) is 16.9. The van der Waals surface area contributed by atoms with Crippen LogP contribution in [0.2, 0.25) is 0 Å². The van der Waals surface area contributed by atoms with E-state index < -0.39 is 24.1 Å². The van der Waals surface area contributed by atoms with Gasteiger partial charge in [-0.15, -0.1) is 0 Å². The number of ether oxygens (including phenoxy) is 1. The van der Waals surface area contributed by atoms with Crippen LogP contribution >= 0.6 is 7.60 Å². The van der Waals surface area contributed by atoms with Crippen molar-refractivity contribution in [1.29, 1.82) is 0 Å². The van der Waals surface area contributed by atoms with Crippen LogP contribution in [0.3, 0.4) is 0 Å². The zero-order valence-electron chi connectivity index (χ0n) is 23.5. The second kappa shape index (κ2) is 23.0. The molecule has 10 heteroatoms. The van der Waals surface area contributed by atoms with Crippen molar-refractivity contribution in [2.75, 3.05) is 26.2 Å². The SMILES string of the molecule is CCCCCCCCCCCCCCCCOCCCOP(=O)([O-])COS(=O)(=O)c1ccc(C)cc1.[Na+]. The smallest absolute Gasteiger partial charge is 0.777 e. The molecule has 0 fully saturated rings. The summed E-state index contributed by atoms with van der Waals surface area (Å²) >= 11 is 0. The number of rotatable bonds is 24. The summed E-state index contributed by atoms with van der Waals surface area (Å²) in [6, 6.07) is 5.97. The van der Waals surface area contributed by atoms with Crippen molar-refractivity contribution in [3.05, 3.63) is 29.8 Å². The van der Waals surface area contributed by atoms with Gasteiger partial charge in [-0.1, -0.05) is 108 Å². The molecule has 0 aromatic heterocycles. The third-order valence-corrected chi connectivity index (χ3v) is 8.51. The minimum absolute atomic E-state index is 0. The Hall–Kier alpha value is 0.240. The molecule has 210 valence electrons. The van der Waals surface area contributed by atoms with Crippen LogP contribution in [-0.4, -0.2) is 34.6 Å². The maximum Gasteiger partial charge on any atom is 1.00 e. The minimum atomic E-state index is -4.42. The van der Waals surface area contributed by atoms with E-state index >= 15 is 0 Å². The Morgan fingerprint density at radius 3 is 1.70 bits per heavy atom. The molecule has 0 saturated carbocycles. The molecular weight excluding hydrogens is 522 g/mol. The van der Waals surface area contributed by atoms with E-state index in [-0.39, 0.29) is 41.1 Å².